The molecule has 0 spiro atoms. The van der Waals surface area contributed by atoms with E-state index in [4.69, 9.17) is 0 Å². The molecule has 0 fully saturated rings. The number of hydrogen-bond donors (Lipinski definition) is 0. The molecule has 0 saturated heterocycles. The second-order valence-electron chi connectivity index (χ2n) is 13.6. The van der Waals surface area contributed by atoms with E-state index in [0.717, 1.165) is 76.8 Å². The molecule has 0 aliphatic carbocycles. The van der Waals surface area contributed by atoms with Gasteiger partial charge in [0.2, 0.25) is 0 Å². The molecule has 3 nitrogen and oxygen atoms in total. The van der Waals surface area contributed by atoms with E-state index in [2.05, 4.69) is 155 Å². The third-order valence-electron chi connectivity index (χ3n) is 10.6. The molecule has 0 unspecified atom stereocenters. The van der Waals surface area contributed by atoms with Gasteiger partial charge >= 0.3 is 0 Å². The van der Waals surface area contributed by atoms with E-state index in [-0.39, 0.29) is 0 Å². The maximum Gasteiger partial charge on any atom is 0.171 e. The summed E-state index contributed by atoms with van der Waals surface area (Å²) in [5, 5.41) is 5.91. The summed E-state index contributed by atoms with van der Waals surface area (Å²) in [4.78, 5) is 0. The van der Waals surface area contributed by atoms with Crippen LogP contribution in [0.5, 0.6) is 0 Å². The summed E-state index contributed by atoms with van der Waals surface area (Å²) in [6, 6.07) is 73.6. The zero-order valence-corrected chi connectivity index (χ0v) is 30.4. The molecule has 2 aromatic heterocycles. The Morgan fingerprint density at radius 2 is 0.833 bits per heavy atom. The fraction of sp³-hybridized carbons (Fsp3) is 0. The molecule has 256 valence electrons. The summed E-state index contributed by atoms with van der Waals surface area (Å²) < 4.78 is 20.5. The Kier molecular flexibility index (Phi) is 7.75. The van der Waals surface area contributed by atoms with Gasteiger partial charge in [0.1, 0.15) is 0 Å². The number of fused-ring (bicyclic) bond motifs is 5. The summed E-state index contributed by atoms with van der Waals surface area (Å²) in [7, 11) is -3.23. The van der Waals surface area contributed by atoms with Crippen LogP contribution in [-0.2, 0) is 4.57 Å². The van der Waals surface area contributed by atoms with Crippen molar-refractivity contribution in [3.05, 3.63) is 212 Å². The normalized spacial score (nSPS) is 11.8. The summed E-state index contributed by atoms with van der Waals surface area (Å²) in [5.74, 6) is 0. The second kappa shape index (κ2) is 13.1. The molecule has 0 radical (unpaired) electrons. The van der Waals surface area contributed by atoms with Crippen LogP contribution in [0.2, 0.25) is 0 Å². The Morgan fingerprint density at radius 3 is 1.48 bits per heavy atom. The summed E-state index contributed by atoms with van der Waals surface area (Å²) in [6.07, 6.45) is 0. The van der Waals surface area contributed by atoms with Gasteiger partial charge in [0.05, 0.1) is 22.2 Å². The number of nitrogens with zero attached hydrogens (tertiary/aromatic N) is 2. The molecule has 0 N–H and O–H groups in total. The molecule has 54 heavy (non-hydrogen) atoms. The minimum atomic E-state index is -3.23. The Labute approximate surface area is 314 Å². The summed E-state index contributed by atoms with van der Waals surface area (Å²) in [5.41, 5.74) is 9.98. The largest absolute Gasteiger partial charge is 0.309 e. The van der Waals surface area contributed by atoms with Crippen LogP contribution in [0.1, 0.15) is 0 Å². The minimum absolute atomic E-state index is 0.795. The van der Waals surface area contributed by atoms with Gasteiger partial charge in [-0.2, -0.15) is 0 Å². The molecule has 0 aliphatic rings. The van der Waals surface area contributed by atoms with Crippen molar-refractivity contribution in [2.24, 2.45) is 0 Å². The van der Waals surface area contributed by atoms with Crippen LogP contribution in [0.25, 0.3) is 66.5 Å². The van der Waals surface area contributed by atoms with Crippen LogP contribution >= 0.6 is 7.14 Å². The van der Waals surface area contributed by atoms with Gasteiger partial charge in [0, 0.05) is 49.0 Å². The Bertz CT molecular complexity index is 2940. The molecular formula is C50H35N2OP. The van der Waals surface area contributed by atoms with Crippen molar-refractivity contribution in [1.82, 2.24) is 9.13 Å². The third-order valence-corrected chi connectivity index (χ3v) is 13.6. The van der Waals surface area contributed by atoms with Gasteiger partial charge in [0.25, 0.3) is 0 Å². The van der Waals surface area contributed by atoms with Gasteiger partial charge in [-0.3, -0.25) is 0 Å². The van der Waals surface area contributed by atoms with Crippen LogP contribution in [0, 0.1) is 0 Å². The first-order chi connectivity index (χ1) is 26.7. The number of aromatic nitrogens is 2. The number of hydrogen-bond acceptors (Lipinski definition) is 1. The Balaban J connectivity index is 1.37. The lowest BCUT2D eigenvalue weighted by molar-refractivity contribution is 0.592. The van der Waals surface area contributed by atoms with Crippen LogP contribution in [0.15, 0.2) is 212 Å². The van der Waals surface area contributed by atoms with Crippen molar-refractivity contribution in [3.63, 3.8) is 0 Å². The van der Waals surface area contributed by atoms with Crippen molar-refractivity contribution >= 4 is 55.8 Å². The second-order valence-corrected chi connectivity index (χ2v) is 16.4. The molecular weight excluding hydrogens is 676 g/mol. The molecule has 10 rings (SSSR count). The number of rotatable bonds is 7. The predicted octanol–water partition coefficient (Wildman–Crippen LogP) is 11.7. The van der Waals surface area contributed by atoms with Gasteiger partial charge in [-0.05, 0) is 41.5 Å². The maximum atomic E-state index is 15.7. The third kappa shape index (κ3) is 5.01. The summed E-state index contributed by atoms with van der Waals surface area (Å²) >= 11 is 0. The Morgan fingerprint density at radius 1 is 0.352 bits per heavy atom. The molecule has 2 heterocycles. The highest BCUT2D eigenvalue weighted by molar-refractivity contribution is 7.85. The van der Waals surface area contributed by atoms with Gasteiger partial charge < -0.3 is 13.7 Å². The fourth-order valence-corrected chi connectivity index (χ4v) is 10.9. The standard InChI is InChI=1S/C50H35N2OP/c53-54(40-26-12-4-13-27-40,41-28-14-5-15-29-41)42-30-18-25-39(35-42)51-46-32-17-16-31-43(46)44-33-34-45-47(36-19-6-1-7-20-36)48(37-21-8-2-9-22-37)52(50(45)49(44)51)38-23-10-3-11-24-38/h1-35H. The van der Waals surface area contributed by atoms with E-state index in [1.165, 1.54) is 5.56 Å². The molecule has 4 heteroatoms. The monoisotopic (exact) mass is 710 g/mol. The Hall–Kier alpha value is -6.67. The SMILES string of the molecule is O=P(c1ccccc1)(c1ccccc1)c1cccc(-n2c3ccccc3c3ccc4c(-c5ccccc5)c(-c5ccccc5)n(-c5ccccc5)c4c32)c1. The van der Waals surface area contributed by atoms with Gasteiger partial charge in [-0.15, -0.1) is 0 Å². The predicted molar refractivity (Wildman–Crippen MR) is 228 cm³/mol. The molecule has 0 bridgehead atoms. The van der Waals surface area contributed by atoms with E-state index < -0.39 is 7.14 Å². The first kappa shape index (κ1) is 32.0. The lowest BCUT2D eigenvalue weighted by Gasteiger charge is -2.21. The van der Waals surface area contributed by atoms with E-state index in [1.807, 2.05) is 66.7 Å². The van der Waals surface area contributed by atoms with E-state index in [9.17, 15) is 0 Å². The minimum Gasteiger partial charge on any atom is -0.309 e. The molecule has 0 amide bonds. The lowest BCUT2D eigenvalue weighted by Crippen LogP contribution is -2.25. The van der Waals surface area contributed by atoms with Crippen molar-refractivity contribution < 1.29 is 4.57 Å². The van der Waals surface area contributed by atoms with Gasteiger partial charge in [0.15, 0.2) is 7.14 Å². The van der Waals surface area contributed by atoms with E-state index in [1.54, 1.807) is 0 Å². The van der Waals surface area contributed by atoms with Gasteiger partial charge in [-0.1, -0.05) is 182 Å². The van der Waals surface area contributed by atoms with Crippen molar-refractivity contribution in [2.75, 3.05) is 0 Å². The smallest absolute Gasteiger partial charge is 0.171 e. The molecule has 0 aliphatic heterocycles. The molecule has 10 aromatic rings. The average molecular weight is 711 g/mol. The number of para-hydroxylation sites is 2. The molecule has 0 atom stereocenters. The van der Waals surface area contributed by atoms with Crippen molar-refractivity contribution in [2.45, 2.75) is 0 Å². The highest BCUT2D eigenvalue weighted by Gasteiger charge is 2.31. The van der Waals surface area contributed by atoms with Gasteiger partial charge in [-0.25, -0.2) is 0 Å². The van der Waals surface area contributed by atoms with E-state index in [0.29, 0.717) is 0 Å². The highest BCUT2D eigenvalue weighted by atomic mass is 31.2. The number of benzene rings is 8. The zero-order valence-electron chi connectivity index (χ0n) is 29.5. The van der Waals surface area contributed by atoms with Crippen LogP contribution in [0.3, 0.4) is 0 Å². The summed E-state index contributed by atoms with van der Waals surface area (Å²) in [6.45, 7) is 0. The first-order valence-electron chi connectivity index (χ1n) is 18.3. The van der Waals surface area contributed by atoms with Crippen LogP contribution in [-0.4, -0.2) is 9.13 Å². The van der Waals surface area contributed by atoms with E-state index >= 15 is 4.57 Å². The van der Waals surface area contributed by atoms with Crippen molar-refractivity contribution in [3.8, 4) is 33.8 Å². The fourth-order valence-electron chi connectivity index (χ4n) is 8.24. The quantitative estimate of drug-likeness (QED) is 0.151. The average Bonchev–Trinajstić information content (AvgIpc) is 3.79. The molecule has 8 aromatic carbocycles. The maximum absolute atomic E-state index is 15.7. The molecule has 0 saturated carbocycles. The van der Waals surface area contributed by atoms with Crippen LogP contribution in [0.4, 0.5) is 0 Å². The van der Waals surface area contributed by atoms with Crippen LogP contribution < -0.4 is 15.9 Å². The lowest BCUT2D eigenvalue weighted by atomic mass is 9.98. The highest BCUT2D eigenvalue weighted by Crippen LogP contribution is 2.48. The van der Waals surface area contributed by atoms with Crippen molar-refractivity contribution in [1.29, 1.82) is 0 Å². The topological polar surface area (TPSA) is 26.9 Å². The zero-order chi connectivity index (χ0) is 36.1. The first-order valence-corrected chi connectivity index (χ1v) is 20.0.